The summed E-state index contributed by atoms with van der Waals surface area (Å²) in [4.78, 5) is 21.5. The van der Waals surface area contributed by atoms with Gasteiger partial charge in [0.05, 0.1) is 31.3 Å². The summed E-state index contributed by atoms with van der Waals surface area (Å²) >= 11 is 0. The lowest BCUT2D eigenvalue weighted by molar-refractivity contribution is 0.0523. The Hall–Kier alpha value is -3.88. The van der Waals surface area contributed by atoms with Gasteiger partial charge in [0, 0.05) is 23.3 Å². The first-order valence-corrected chi connectivity index (χ1v) is 9.65. The third kappa shape index (κ3) is 4.07. The number of aromatic nitrogens is 4. The van der Waals surface area contributed by atoms with Crippen LogP contribution in [0, 0.1) is 0 Å². The highest BCUT2D eigenvalue weighted by atomic mass is 16.6. The van der Waals surface area contributed by atoms with Crippen LogP contribution in [-0.4, -0.2) is 45.7 Å². The van der Waals surface area contributed by atoms with Crippen molar-refractivity contribution < 1.29 is 19.0 Å². The molecule has 0 aliphatic heterocycles. The van der Waals surface area contributed by atoms with E-state index in [4.69, 9.17) is 14.2 Å². The third-order valence-electron chi connectivity index (χ3n) is 4.49. The van der Waals surface area contributed by atoms with Crippen LogP contribution in [0.3, 0.4) is 0 Å². The normalized spacial score (nSPS) is 11.5. The van der Waals surface area contributed by atoms with Crippen LogP contribution in [0.15, 0.2) is 42.7 Å². The van der Waals surface area contributed by atoms with Crippen LogP contribution in [0.4, 0.5) is 16.4 Å². The van der Waals surface area contributed by atoms with Crippen molar-refractivity contribution in [2.45, 2.75) is 26.4 Å². The zero-order valence-corrected chi connectivity index (χ0v) is 18.0. The lowest BCUT2D eigenvalue weighted by atomic mass is 10.2. The minimum absolute atomic E-state index is 0.377. The first-order valence-electron chi connectivity index (χ1n) is 9.65. The van der Waals surface area contributed by atoms with Crippen LogP contribution >= 0.6 is 0 Å². The molecule has 2 aromatic heterocycles. The van der Waals surface area contributed by atoms with Crippen molar-refractivity contribution in [3.63, 3.8) is 0 Å². The SMILES string of the molecule is COc1cc(Nc2ncc3cccc(OC)c3n2)cc2c1cnn2C(=O)OC(C)(C)C. The predicted molar refractivity (Wildman–Crippen MR) is 117 cm³/mol. The molecule has 0 spiro atoms. The summed E-state index contributed by atoms with van der Waals surface area (Å²) in [7, 11) is 3.15. The molecule has 31 heavy (non-hydrogen) atoms. The van der Waals surface area contributed by atoms with E-state index < -0.39 is 11.7 Å². The summed E-state index contributed by atoms with van der Waals surface area (Å²) in [6, 6.07) is 9.20. The average Bonchev–Trinajstić information content (AvgIpc) is 3.15. The minimum Gasteiger partial charge on any atom is -0.496 e. The maximum absolute atomic E-state index is 12.6. The molecule has 0 radical (unpaired) electrons. The first-order chi connectivity index (χ1) is 14.8. The molecule has 4 aromatic rings. The number of nitrogens with zero attached hydrogens (tertiary/aromatic N) is 4. The number of anilines is 2. The molecule has 2 heterocycles. The Balaban J connectivity index is 1.75. The second-order valence-corrected chi connectivity index (χ2v) is 7.86. The molecule has 0 fully saturated rings. The van der Waals surface area contributed by atoms with Gasteiger partial charge in [0.15, 0.2) is 0 Å². The standard InChI is InChI=1S/C22H23N5O4/c1-22(2,3)31-21(28)27-16-9-14(10-18(30-5)15(16)12-24-27)25-20-23-11-13-7-6-8-17(29-4)19(13)26-20/h6-12H,1-5H3,(H,23,25,26). The number of para-hydroxylation sites is 1. The Morgan fingerprint density at radius 1 is 1.06 bits per heavy atom. The van der Waals surface area contributed by atoms with Gasteiger partial charge in [-0.3, -0.25) is 0 Å². The van der Waals surface area contributed by atoms with E-state index in [1.165, 1.54) is 4.68 Å². The van der Waals surface area contributed by atoms with Crippen LogP contribution in [-0.2, 0) is 4.74 Å². The second kappa shape index (κ2) is 7.75. The number of fused-ring (bicyclic) bond motifs is 2. The molecule has 0 saturated heterocycles. The fourth-order valence-electron chi connectivity index (χ4n) is 3.17. The van der Waals surface area contributed by atoms with E-state index in [9.17, 15) is 4.79 Å². The molecule has 2 aromatic carbocycles. The maximum Gasteiger partial charge on any atom is 0.435 e. The Bertz CT molecular complexity index is 1280. The van der Waals surface area contributed by atoms with Crippen LogP contribution < -0.4 is 14.8 Å². The number of nitrogens with one attached hydrogen (secondary N) is 1. The Kier molecular flexibility index (Phi) is 5.10. The number of rotatable bonds is 4. The number of hydrogen-bond acceptors (Lipinski definition) is 8. The van der Waals surface area contributed by atoms with E-state index in [0.29, 0.717) is 39.6 Å². The van der Waals surface area contributed by atoms with Crippen molar-refractivity contribution in [1.82, 2.24) is 19.7 Å². The number of carbonyl (C=O) groups is 1. The van der Waals surface area contributed by atoms with E-state index in [2.05, 4.69) is 20.4 Å². The number of ether oxygens (including phenoxy) is 3. The van der Waals surface area contributed by atoms with Gasteiger partial charge in [-0.15, -0.1) is 0 Å². The molecular formula is C22H23N5O4. The van der Waals surface area contributed by atoms with Crippen molar-refractivity contribution >= 4 is 39.5 Å². The van der Waals surface area contributed by atoms with Crippen LogP contribution in [0.5, 0.6) is 11.5 Å². The number of benzene rings is 2. The average molecular weight is 421 g/mol. The van der Waals surface area contributed by atoms with Crippen molar-refractivity contribution in [2.24, 2.45) is 0 Å². The molecule has 0 atom stereocenters. The van der Waals surface area contributed by atoms with Crippen molar-refractivity contribution in [2.75, 3.05) is 19.5 Å². The van der Waals surface area contributed by atoms with Gasteiger partial charge in [-0.2, -0.15) is 9.78 Å². The first kappa shape index (κ1) is 20.4. The Morgan fingerprint density at radius 2 is 1.84 bits per heavy atom. The molecule has 9 heteroatoms. The lowest BCUT2D eigenvalue weighted by Gasteiger charge is -2.19. The number of methoxy groups -OCH3 is 2. The highest BCUT2D eigenvalue weighted by Gasteiger charge is 2.21. The molecule has 1 N–H and O–H groups in total. The van der Waals surface area contributed by atoms with Crippen LogP contribution in [0.2, 0.25) is 0 Å². The van der Waals surface area contributed by atoms with Gasteiger partial charge in [0.1, 0.15) is 22.6 Å². The minimum atomic E-state index is -0.646. The summed E-state index contributed by atoms with van der Waals surface area (Å²) in [5.41, 5.74) is 1.21. The molecule has 0 unspecified atom stereocenters. The van der Waals surface area contributed by atoms with Gasteiger partial charge in [-0.1, -0.05) is 12.1 Å². The summed E-state index contributed by atoms with van der Waals surface area (Å²) in [6.07, 6.45) is 2.71. The topological polar surface area (TPSA) is 100 Å². The third-order valence-corrected chi connectivity index (χ3v) is 4.49. The van der Waals surface area contributed by atoms with E-state index in [-0.39, 0.29) is 0 Å². The molecular weight excluding hydrogens is 398 g/mol. The van der Waals surface area contributed by atoms with E-state index in [0.717, 1.165) is 5.39 Å². The van der Waals surface area contributed by atoms with E-state index >= 15 is 0 Å². The smallest absolute Gasteiger partial charge is 0.435 e. The molecule has 4 rings (SSSR count). The van der Waals surface area contributed by atoms with Crippen molar-refractivity contribution in [3.8, 4) is 11.5 Å². The Labute approximate surface area is 179 Å². The van der Waals surface area contributed by atoms with Gasteiger partial charge in [0.25, 0.3) is 0 Å². The fourth-order valence-corrected chi connectivity index (χ4v) is 3.17. The van der Waals surface area contributed by atoms with Gasteiger partial charge < -0.3 is 19.5 Å². The summed E-state index contributed by atoms with van der Waals surface area (Å²) in [6.45, 7) is 5.40. The largest absolute Gasteiger partial charge is 0.496 e. The quantitative estimate of drug-likeness (QED) is 0.513. The molecule has 0 amide bonds. The summed E-state index contributed by atoms with van der Waals surface area (Å²) in [5.74, 6) is 1.58. The van der Waals surface area contributed by atoms with E-state index in [1.807, 2.05) is 18.2 Å². The number of hydrogen-bond donors (Lipinski definition) is 1. The number of carbonyl (C=O) groups excluding carboxylic acids is 1. The summed E-state index contributed by atoms with van der Waals surface area (Å²) in [5, 5.41) is 8.90. The Morgan fingerprint density at radius 3 is 2.55 bits per heavy atom. The monoisotopic (exact) mass is 421 g/mol. The maximum atomic E-state index is 12.6. The van der Waals surface area contributed by atoms with Gasteiger partial charge in [-0.05, 0) is 32.9 Å². The molecule has 9 nitrogen and oxygen atoms in total. The molecule has 0 aliphatic carbocycles. The van der Waals surface area contributed by atoms with Gasteiger partial charge in [-0.25, -0.2) is 14.8 Å². The van der Waals surface area contributed by atoms with Gasteiger partial charge in [0.2, 0.25) is 5.95 Å². The van der Waals surface area contributed by atoms with Crippen LogP contribution in [0.25, 0.3) is 21.8 Å². The molecule has 160 valence electrons. The zero-order chi connectivity index (χ0) is 22.2. The van der Waals surface area contributed by atoms with E-state index in [1.54, 1.807) is 59.5 Å². The van der Waals surface area contributed by atoms with Crippen molar-refractivity contribution in [1.29, 1.82) is 0 Å². The highest BCUT2D eigenvalue weighted by Crippen LogP contribution is 2.32. The van der Waals surface area contributed by atoms with Crippen molar-refractivity contribution in [3.05, 3.63) is 42.7 Å². The second-order valence-electron chi connectivity index (χ2n) is 7.86. The van der Waals surface area contributed by atoms with Crippen LogP contribution in [0.1, 0.15) is 20.8 Å². The lowest BCUT2D eigenvalue weighted by Crippen LogP contribution is -2.27. The predicted octanol–water partition coefficient (Wildman–Crippen LogP) is 4.52. The fraction of sp³-hybridized carbons (Fsp3) is 0.273. The summed E-state index contributed by atoms with van der Waals surface area (Å²) < 4.78 is 17.6. The molecule has 0 bridgehead atoms. The molecule has 0 saturated carbocycles. The van der Waals surface area contributed by atoms with Gasteiger partial charge >= 0.3 is 6.09 Å². The highest BCUT2D eigenvalue weighted by molar-refractivity contribution is 5.94. The molecule has 0 aliphatic rings. The zero-order valence-electron chi connectivity index (χ0n) is 18.0.